The van der Waals surface area contributed by atoms with Crippen LogP contribution in [0.2, 0.25) is 0 Å². The number of carbonyl (C=O) groups is 1. The third-order valence-electron chi connectivity index (χ3n) is 13.3. The van der Waals surface area contributed by atoms with Gasteiger partial charge in [0, 0.05) is 45.6 Å². The minimum atomic E-state index is -1.93. The molecule has 2 bridgehead atoms. The molecule has 6 aliphatic rings. The highest BCUT2D eigenvalue weighted by Crippen LogP contribution is 2.45. The van der Waals surface area contributed by atoms with Crippen LogP contribution >= 0.6 is 0 Å². The number of ether oxygens (including phenoxy) is 7. The zero-order valence-electron chi connectivity index (χ0n) is 39.1. The Hall–Kier alpha value is -2.05. The van der Waals surface area contributed by atoms with Crippen LogP contribution in [0.25, 0.3) is 0 Å². The lowest BCUT2D eigenvalue weighted by Crippen LogP contribution is -2.56. The number of carbonyl (C=O) groups excluding carboxylic acids is 1. The molecule has 366 valence electrons. The van der Waals surface area contributed by atoms with Gasteiger partial charge in [0.15, 0.2) is 18.2 Å². The van der Waals surface area contributed by atoms with Gasteiger partial charge in [-0.2, -0.15) is 0 Å². The number of fused-ring (bicyclic) bond motifs is 2. The third-order valence-corrected chi connectivity index (χ3v) is 13.3. The molecule has 0 aromatic rings. The van der Waals surface area contributed by atoms with Crippen LogP contribution in [0.4, 0.5) is 0 Å². The molecular weight excluding hydrogens is 801 g/mol. The molecule has 0 aromatic heterocycles. The molecule has 62 heavy (non-hydrogen) atoms. The summed E-state index contributed by atoms with van der Waals surface area (Å²) in [6, 6.07) is 0. The Kier molecular flexibility index (Phi) is 22.4. The van der Waals surface area contributed by atoms with Crippen molar-refractivity contribution in [3.8, 4) is 0 Å². The Labute approximate surface area is 376 Å². The predicted molar refractivity (Wildman–Crippen MR) is 244 cm³/mol. The molecule has 14 nitrogen and oxygen atoms in total. The second kappa shape index (κ2) is 25.6. The summed E-state index contributed by atoms with van der Waals surface area (Å²) in [6.45, 7) is 16.4. The number of hydrogen-bond donors (Lipinski definition) is 5. The molecule has 5 aliphatic heterocycles. The van der Waals surface area contributed by atoms with Crippen LogP contribution in [-0.2, 0) is 38.0 Å². The molecule has 0 radical (unpaired) electrons. The summed E-state index contributed by atoms with van der Waals surface area (Å²) in [4.78, 5) is 13.8. The lowest BCUT2D eigenvalue weighted by molar-refractivity contribution is -0.188. The highest BCUT2D eigenvalue weighted by Gasteiger charge is 2.57. The Morgan fingerprint density at radius 2 is 1.50 bits per heavy atom. The minimum Gasteiger partial charge on any atom is -0.460 e. The lowest BCUT2D eigenvalue weighted by atomic mass is 9.71. The number of esters is 1. The van der Waals surface area contributed by atoms with E-state index in [0.717, 1.165) is 50.5 Å². The van der Waals surface area contributed by atoms with Crippen LogP contribution < -0.4 is 0 Å². The van der Waals surface area contributed by atoms with Crippen molar-refractivity contribution in [3.05, 3.63) is 47.1 Å². The van der Waals surface area contributed by atoms with Crippen molar-refractivity contribution in [2.75, 3.05) is 20.8 Å². The molecule has 0 spiro atoms. The van der Waals surface area contributed by atoms with Crippen molar-refractivity contribution >= 4 is 5.97 Å². The standard InChI is InChI=1S/C34H52O7.2C7H14O3.H2O.4H2/c1-7-22(4)30(35)23(5)12-14-27-17-28-16-26(40-27)13-11-21(3)15-20(2)9-8-10-25-19-39-32-29(25)34(38,33(37)41-28)18-24(6)31(32)36;2*1-5-3-6(9-2)4-7(8)10-5;;;;;/h8-11,18,20,22-23,26-32,35-36,38H,7,12-17,19H2,1-6H3;2*5-8H,3-4H2,1-2H3;1H2;4*1H/b9-8+,21-11+,25-10+;;;;;;;/t20-,22+,23-,26?,27-,28-,29?,30?,31+,32?,34-;2*5-,6+,7+;;;;;/m000...../s1. The molecule has 5 heterocycles. The Morgan fingerprint density at radius 3 is 2.06 bits per heavy atom. The molecular formula is C48H90O14. The van der Waals surface area contributed by atoms with Crippen molar-refractivity contribution in [1.82, 2.24) is 0 Å². The molecule has 0 amide bonds. The molecule has 6 rings (SSSR count). The quantitative estimate of drug-likeness (QED) is 0.132. The number of aliphatic hydroxyl groups is 5. The topological polar surface area (TPSA) is 214 Å². The Balaban J connectivity index is 0. The van der Waals surface area contributed by atoms with Crippen LogP contribution in [0.15, 0.2) is 47.1 Å². The van der Waals surface area contributed by atoms with E-state index in [1.165, 1.54) is 11.6 Å². The van der Waals surface area contributed by atoms with Crippen LogP contribution in [0.3, 0.4) is 0 Å². The fourth-order valence-electron chi connectivity index (χ4n) is 9.57. The molecule has 7 N–H and O–H groups in total. The SMILES string of the molecule is CC[C@@H](C)C(O)[C@@H](C)CC[C@H]1C[C@@H]2CC(C/C=C(\C)C[C@@H](C)/C=C/C=C3\COC4C3[C@@](O)(C=C(C)[C@H]4O)C(=O)O2)O1.CO[C@@H]1C[C@H](C)O[C@@H](O)C1.CO[C@@H]1C[C@H](C)O[C@@H](O)C1.O.[HH].[HH].[HH].[HH]. The number of aliphatic hydroxyl groups excluding tert-OH is 4. The average molecular weight is 891 g/mol. The van der Waals surface area contributed by atoms with E-state index in [4.69, 9.17) is 43.4 Å². The largest absolute Gasteiger partial charge is 0.460 e. The van der Waals surface area contributed by atoms with Crippen LogP contribution in [0.1, 0.15) is 132 Å². The van der Waals surface area contributed by atoms with E-state index in [9.17, 15) is 20.1 Å². The monoisotopic (exact) mass is 891 g/mol. The number of rotatable bonds is 8. The van der Waals surface area contributed by atoms with E-state index in [-0.39, 0.29) is 72.4 Å². The van der Waals surface area contributed by atoms with Crippen molar-refractivity contribution in [3.63, 3.8) is 0 Å². The third kappa shape index (κ3) is 15.5. The van der Waals surface area contributed by atoms with E-state index in [1.807, 2.05) is 26.0 Å². The van der Waals surface area contributed by atoms with Gasteiger partial charge in [0.1, 0.15) is 12.2 Å². The second-order valence-electron chi connectivity index (χ2n) is 18.8. The van der Waals surface area contributed by atoms with Crippen LogP contribution in [-0.4, -0.2) is 137 Å². The summed E-state index contributed by atoms with van der Waals surface area (Å²) in [5, 5.41) is 51.6. The first-order valence-corrected chi connectivity index (χ1v) is 22.9. The smallest absolute Gasteiger partial charge is 0.343 e. The molecule has 17 atom stereocenters. The van der Waals surface area contributed by atoms with Gasteiger partial charge in [-0.3, -0.25) is 0 Å². The summed E-state index contributed by atoms with van der Waals surface area (Å²) in [7, 11) is 3.32. The van der Waals surface area contributed by atoms with Gasteiger partial charge in [-0.05, 0) is 101 Å². The summed E-state index contributed by atoms with van der Waals surface area (Å²) >= 11 is 0. The molecule has 0 aromatic carbocycles. The van der Waals surface area contributed by atoms with Gasteiger partial charge in [-0.25, -0.2) is 4.79 Å². The average Bonchev–Trinajstić information content (AvgIpc) is 3.65. The van der Waals surface area contributed by atoms with Gasteiger partial charge in [-0.15, -0.1) is 0 Å². The summed E-state index contributed by atoms with van der Waals surface area (Å²) in [5.74, 6) is -0.731. The van der Waals surface area contributed by atoms with Gasteiger partial charge in [-0.1, -0.05) is 64.0 Å². The van der Waals surface area contributed by atoms with Crippen LogP contribution in [0.5, 0.6) is 0 Å². The first-order valence-electron chi connectivity index (χ1n) is 22.9. The Bertz CT molecular complexity index is 1460. The molecule has 14 heteroatoms. The van der Waals surface area contributed by atoms with Gasteiger partial charge >= 0.3 is 5.97 Å². The predicted octanol–water partition coefficient (Wildman–Crippen LogP) is 6.39. The molecule has 0 saturated carbocycles. The van der Waals surface area contributed by atoms with Gasteiger partial charge in [0.2, 0.25) is 0 Å². The molecule has 4 saturated heterocycles. The molecule has 4 fully saturated rings. The normalized spacial score (nSPS) is 41.2. The maximum absolute atomic E-state index is 13.8. The fourth-order valence-corrected chi connectivity index (χ4v) is 9.57. The first kappa shape index (κ1) is 54.3. The maximum atomic E-state index is 13.8. The van der Waals surface area contributed by atoms with Crippen LogP contribution in [0, 0.1) is 23.7 Å². The summed E-state index contributed by atoms with van der Waals surface area (Å²) in [6.07, 6.45) is 14.7. The number of methoxy groups -OCH3 is 2. The van der Waals surface area contributed by atoms with E-state index in [1.54, 1.807) is 21.1 Å². The zero-order valence-corrected chi connectivity index (χ0v) is 39.1. The van der Waals surface area contributed by atoms with Gasteiger partial charge in [0.25, 0.3) is 0 Å². The first-order chi connectivity index (χ1) is 28.9. The minimum absolute atomic E-state index is 0. The number of allylic oxidation sites excluding steroid dienone is 4. The van der Waals surface area contributed by atoms with E-state index >= 15 is 0 Å². The van der Waals surface area contributed by atoms with E-state index in [0.29, 0.717) is 37.2 Å². The maximum Gasteiger partial charge on any atom is 0.343 e. The summed E-state index contributed by atoms with van der Waals surface area (Å²) in [5.41, 5.74) is 0.641. The van der Waals surface area contributed by atoms with Crippen molar-refractivity contribution in [2.45, 2.75) is 205 Å². The number of hydrogen-bond acceptors (Lipinski definition) is 13. The molecule has 4 unspecified atom stereocenters. The van der Waals surface area contributed by atoms with Crippen molar-refractivity contribution in [1.29, 1.82) is 0 Å². The van der Waals surface area contributed by atoms with Gasteiger partial charge < -0.3 is 64.2 Å². The van der Waals surface area contributed by atoms with Crippen molar-refractivity contribution in [2.24, 2.45) is 23.7 Å². The highest BCUT2D eigenvalue weighted by atomic mass is 16.6. The van der Waals surface area contributed by atoms with Crippen molar-refractivity contribution < 1.29 is 74.7 Å². The lowest BCUT2D eigenvalue weighted by Gasteiger charge is -2.41. The highest BCUT2D eigenvalue weighted by molar-refractivity contribution is 5.84. The van der Waals surface area contributed by atoms with Gasteiger partial charge in [0.05, 0.1) is 61.4 Å². The second-order valence-corrected chi connectivity index (χ2v) is 18.8. The summed E-state index contributed by atoms with van der Waals surface area (Å²) < 4.78 is 39.0. The molecule has 1 aliphatic carbocycles. The Morgan fingerprint density at radius 1 is 0.887 bits per heavy atom. The van der Waals surface area contributed by atoms with E-state index < -0.39 is 48.4 Å². The fraction of sp³-hybridized carbons (Fsp3) is 0.812. The van der Waals surface area contributed by atoms with E-state index in [2.05, 4.69) is 46.8 Å². The zero-order chi connectivity index (χ0) is 45.0.